The number of guanidine groups is 1. The van der Waals surface area contributed by atoms with E-state index in [4.69, 9.17) is 19.9 Å². The van der Waals surface area contributed by atoms with Crippen LogP contribution in [0, 0.1) is 11.3 Å². The Morgan fingerprint density at radius 2 is 1.06 bits per heavy atom. The van der Waals surface area contributed by atoms with E-state index in [0.717, 1.165) is 29.1 Å². The molecule has 2 saturated heterocycles. The third-order valence-electron chi connectivity index (χ3n) is 15.6. The normalized spacial score (nSPS) is 26.2. The summed E-state index contributed by atoms with van der Waals surface area (Å²) in [6.45, 7) is 39.9. The maximum absolute atomic E-state index is 5.56. The van der Waals surface area contributed by atoms with E-state index in [0.29, 0.717) is 23.6 Å². The summed E-state index contributed by atoms with van der Waals surface area (Å²) in [5.74, 6) is 4.42. The molecule has 8 nitrogen and oxygen atoms in total. The highest BCUT2D eigenvalue weighted by Gasteiger charge is 2.68. The van der Waals surface area contributed by atoms with Crippen LogP contribution in [0.5, 0.6) is 0 Å². The molecule has 284 valence electrons. The van der Waals surface area contributed by atoms with Gasteiger partial charge in [0, 0.05) is 11.1 Å². The third-order valence-corrected chi connectivity index (χ3v) is 15.6. The predicted molar refractivity (Wildman–Crippen MR) is 221 cm³/mol. The number of aliphatic imine (C=N–C) groups is 1. The second-order valence-electron chi connectivity index (χ2n) is 20.1. The summed E-state index contributed by atoms with van der Waals surface area (Å²) in [5.41, 5.74) is 1.25. The van der Waals surface area contributed by atoms with Crippen molar-refractivity contribution in [2.75, 3.05) is 9.80 Å². The Morgan fingerprint density at radius 1 is 0.528 bits per heavy atom. The molecule has 7 rings (SSSR count). The minimum atomic E-state index is -0.406. The van der Waals surface area contributed by atoms with Gasteiger partial charge in [-0.15, -0.1) is 0 Å². The van der Waals surface area contributed by atoms with Gasteiger partial charge in [0.1, 0.15) is 5.82 Å². The van der Waals surface area contributed by atoms with E-state index in [1.807, 2.05) is 0 Å². The SMILES string of the molecule is CCC1C=C2N(c3nc(-c4cccc(-c5ccccc5)c4)nc(N4C5=NC(C)(C)C(C)(C)N5C(C)(C)C4(C)C)n3)C(C)(C)C(C)(C)N2C(C)(C)C1(C)C. The number of nitrogens with zero attached hydrogens (tertiary/aromatic N) is 8. The van der Waals surface area contributed by atoms with Crippen molar-refractivity contribution in [3.05, 3.63) is 66.5 Å². The van der Waals surface area contributed by atoms with Crippen LogP contribution < -0.4 is 9.80 Å². The van der Waals surface area contributed by atoms with Crippen molar-refractivity contribution in [3.8, 4) is 22.5 Å². The molecule has 2 fully saturated rings. The molecule has 8 heteroatoms. The van der Waals surface area contributed by atoms with Crippen molar-refractivity contribution in [1.29, 1.82) is 0 Å². The van der Waals surface area contributed by atoms with Crippen LogP contribution in [0.3, 0.4) is 0 Å². The van der Waals surface area contributed by atoms with Crippen molar-refractivity contribution >= 4 is 17.9 Å². The van der Waals surface area contributed by atoms with Crippen LogP contribution in [0.1, 0.15) is 124 Å². The summed E-state index contributed by atoms with van der Waals surface area (Å²) in [4.78, 5) is 31.8. The molecule has 0 amide bonds. The van der Waals surface area contributed by atoms with Crippen molar-refractivity contribution < 1.29 is 0 Å². The van der Waals surface area contributed by atoms with E-state index in [-0.39, 0.29) is 38.6 Å². The van der Waals surface area contributed by atoms with Crippen LogP contribution in [0.25, 0.3) is 22.5 Å². The quantitative estimate of drug-likeness (QED) is 0.260. The van der Waals surface area contributed by atoms with Crippen LogP contribution in [0.2, 0.25) is 0 Å². The van der Waals surface area contributed by atoms with Crippen molar-refractivity contribution in [2.45, 2.75) is 163 Å². The van der Waals surface area contributed by atoms with Crippen molar-refractivity contribution in [3.63, 3.8) is 0 Å². The molecular weight excluding hydrogens is 653 g/mol. The highest BCUT2D eigenvalue weighted by Crippen LogP contribution is 2.60. The zero-order valence-electron chi connectivity index (χ0n) is 35.6. The van der Waals surface area contributed by atoms with Gasteiger partial charge in [-0.3, -0.25) is 9.80 Å². The Labute approximate surface area is 319 Å². The number of hydrogen-bond acceptors (Lipinski definition) is 8. The first-order valence-electron chi connectivity index (χ1n) is 19.7. The molecule has 1 unspecified atom stereocenters. The lowest BCUT2D eigenvalue weighted by Gasteiger charge is -2.59. The molecule has 1 atom stereocenters. The molecule has 0 radical (unpaired) electrons. The number of hydrogen-bond donors (Lipinski definition) is 0. The Hall–Kier alpha value is -3.94. The number of fused-ring (bicyclic) bond motifs is 2. The zero-order chi connectivity index (χ0) is 39.1. The molecule has 0 N–H and O–H groups in total. The number of anilines is 2. The van der Waals surface area contributed by atoms with E-state index in [2.05, 4.69) is 198 Å². The molecule has 0 aliphatic carbocycles. The summed E-state index contributed by atoms with van der Waals surface area (Å²) >= 11 is 0. The molecule has 3 aromatic rings. The van der Waals surface area contributed by atoms with Crippen molar-refractivity contribution in [2.24, 2.45) is 16.3 Å². The second kappa shape index (κ2) is 11.1. The Morgan fingerprint density at radius 3 is 1.66 bits per heavy atom. The van der Waals surface area contributed by atoms with E-state index >= 15 is 0 Å². The standard InChI is InChI=1S/C45H64N8/c1-18-32-28-33-50(42(10,11)44(14,15)52(33)40(6,7)38(32,2)3)35-46-34(31-26-22-25-30(27-31)29-23-20-19-21-24-29)47-36(48-35)51-37-49-39(4,5)41(8,9)53(37)45(16,17)43(51,12)13/h19-28,32H,18H2,1-17H3. The van der Waals surface area contributed by atoms with Gasteiger partial charge in [0.15, 0.2) is 5.82 Å². The van der Waals surface area contributed by atoms with Gasteiger partial charge in [-0.2, -0.15) is 15.0 Å². The van der Waals surface area contributed by atoms with Crippen LogP contribution in [0.15, 0.2) is 71.5 Å². The molecule has 53 heavy (non-hydrogen) atoms. The lowest BCUT2D eigenvalue weighted by atomic mass is 9.61. The van der Waals surface area contributed by atoms with Gasteiger partial charge in [-0.05, 0) is 138 Å². The first-order valence-corrected chi connectivity index (χ1v) is 19.7. The van der Waals surface area contributed by atoms with Gasteiger partial charge in [0.05, 0.1) is 33.2 Å². The van der Waals surface area contributed by atoms with Crippen LogP contribution in [-0.2, 0) is 0 Å². The molecule has 0 bridgehead atoms. The molecule has 2 aromatic carbocycles. The topological polar surface area (TPSA) is 64.0 Å². The first-order chi connectivity index (χ1) is 24.3. The number of allylic oxidation sites excluding steroid dienone is 1. The summed E-state index contributed by atoms with van der Waals surface area (Å²) in [7, 11) is 0. The smallest absolute Gasteiger partial charge is 0.238 e. The monoisotopic (exact) mass is 717 g/mol. The largest absolute Gasteiger partial charge is 0.345 e. The number of rotatable bonds is 5. The van der Waals surface area contributed by atoms with Gasteiger partial charge < -0.3 is 9.80 Å². The van der Waals surface area contributed by atoms with E-state index in [9.17, 15) is 0 Å². The number of benzene rings is 2. The summed E-state index contributed by atoms with van der Waals surface area (Å²) in [5, 5.41) is 0. The fraction of sp³-hybridized carbons (Fsp3) is 0.600. The minimum Gasteiger partial charge on any atom is -0.345 e. The van der Waals surface area contributed by atoms with Gasteiger partial charge in [0.2, 0.25) is 17.9 Å². The predicted octanol–water partition coefficient (Wildman–Crippen LogP) is 10.2. The molecule has 1 aromatic heterocycles. The lowest BCUT2D eigenvalue weighted by molar-refractivity contribution is -0.0564. The van der Waals surface area contributed by atoms with E-state index < -0.39 is 5.54 Å². The molecule has 0 spiro atoms. The number of aromatic nitrogens is 3. The first kappa shape index (κ1) is 37.4. The van der Waals surface area contributed by atoms with Crippen LogP contribution in [0.4, 0.5) is 11.9 Å². The maximum atomic E-state index is 5.56. The Kier molecular flexibility index (Phi) is 7.81. The third kappa shape index (κ3) is 4.71. The van der Waals surface area contributed by atoms with Crippen molar-refractivity contribution in [1.82, 2.24) is 24.8 Å². The molecule has 0 saturated carbocycles. The maximum Gasteiger partial charge on any atom is 0.238 e. The van der Waals surface area contributed by atoms with Gasteiger partial charge in [-0.25, -0.2) is 4.99 Å². The summed E-state index contributed by atoms with van der Waals surface area (Å²) < 4.78 is 0. The summed E-state index contributed by atoms with van der Waals surface area (Å²) in [6.07, 6.45) is 3.57. The molecule has 5 heterocycles. The highest BCUT2D eigenvalue weighted by molar-refractivity contribution is 6.02. The Balaban J connectivity index is 1.51. The average molecular weight is 717 g/mol. The van der Waals surface area contributed by atoms with Crippen LogP contribution in [-0.4, -0.2) is 69.5 Å². The zero-order valence-corrected chi connectivity index (χ0v) is 35.6. The summed E-state index contributed by atoms with van der Waals surface area (Å²) in [6, 6.07) is 19.2. The minimum absolute atomic E-state index is 0.0384. The average Bonchev–Trinajstić information content (AvgIpc) is 3.43. The van der Waals surface area contributed by atoms with E-state index in [1.165, 1.54) is 5.82 Å². The molecular formula is C45H64N8. The van der Waals surface area contributed by atoms with Crippen LogP contribution >= 0.6 is 0 Å². The van der Waals surface area contributed by atoms with Gasteiger partial charge >= 0.3 is 0 Å². The highest BCUT2D eigenvalue weighted by atomic mass is 15.6. The van der Waals surface area contributed by atoms with Gasteiger partial charge in [-0.1, -0.05) is 69.3 Å². The van der Waals surface area contributed by atoms with E-state index in [1.54, 1.807) is 0 Å². The van der Waals surface area contributed by atoms with Gasteiger partial charge in [0.25, 0.3) is 0 Å². The molecule has 4 aliphatic heterocycles. The Bertz CT molecular complexity index is 2010. The lowest BCUT2D eigenvalue weighted by Crippen LogP contribution is -2.65. The molecule has 4 aliphatic rings. The fourth-order valence-corrected chi connectivity index (χ4v) is 9.81. The second-order valence-corrected chi connectivity index (χ2v) is 20.1. The fourth-order valence-electron chi connectivity index (χ4n) is 9.81.